The first kappa shape index (κ1) is 18.2. The number of aromatic nitrogens is 2. The summed E-state index contributed by atoms with van der Waals surface area (Å²) >= 11 is 6.10. The molecule has 0 aliphatic carbocycles. The van der Waals surface area contributed by atoms with Crippen molar-refractivity contribution in [1.29, 1.82) is 0 Å². The topological polar surface area (TPSA) is 68.3 Å². The van der Waals surface area contributed by atoms with Crippen molar-refractivity contribution in [3.05, 3.63) is 47.5 Å². The fourth-order valence-corrected chi connectivity index (χ4v) is 2.76. The molecule has 0 radical (unpaired) electrons. The molecule has 3 rings (SSSR count). The molecule has 7 heteroatoms. The summed E-state index contributed by atoms with van der Waals surface area (Å²) in [5, 5.41) is 8.13. The van der Waals surface area contributed by atoms with Gasteiger partial charge in [-0.05, 0) is 36.8 Å². The molecule has 6 nitrogen and oxygen atoms in total. The van der Waals surface area contributed by atoms with Crippen LogP contribution < -0.4 is 15.4 Å². The van der Waals surface area contributed by atoms with Gasteiger partial charge in [0.25, 0.3) is 0 Å². The summed E-state index contributed by atoms with van der Waals surface area (Å²) in [4.78, 5) is 9.22. The summed E-state index contributed by atoms with van der Waals surface area (Å²) < 4.78 is 10.5. The highest BCUT2D eigenvalue weighted by Crippen LogP contribution is 2.31. The zero-order valence-corrected chi connectivity index (χ0v) is 15.5. The van der Waals surface area contributed by atoms with Gasteiger partial charge in [-0.3, -0.25) is 0 Å². The smallest absolute Gasteiger partial charge is 0.229 e. The first-order valence-electron chi connectivity index (χ1n) is 8.31. The molecule has 0 aliphatic rings. The van der Waals surface area contributed by atoms with Crippen LogP contribution in [0.1, 0.15) is 6.42 Å². The molecular formula is C19H21ClN4O2. The summed E-state index contributed by atoms with van der Waals surface area (Å²) in [6.45, 7) is 1.45. The second-order valence-electron chi connectivity index (χ2n) is 5.66. The minimum Gasteiger partial charge on any atom is -0.495 e. The lowest BCUT2D eigenvalue weighted by Gasteiger charge is -2.13. The molecule has 0 bridgehead atoms. The molecule has 3 aromatic rings. The molecule has 0 atom stereocenters. The third kappa shape index (κ3) is 4.33. The molecule has 0 unspecified atom stereocenters. The van der Waals surface area contributed by atoms with Crippen LogP contribution in [-0.4, -0.2) is 37.3 Å². The molecule has 0 amide bonds. The Kier molecular flexibility index (Phi) is 6.09. The Morgan fingerprint density at radius 1 is 1.08 bits per heavy atom. The third-order valence-electron chi connectivity index (χ3n) is 3.83. The monoisotopic (exact) mass is 372 g/mol. The number of halogens is 1. The van der Waals surface area contributed by atoms with Crippen LogP contribution in [0, 0.1) is 0 Å². The van der Waals surface area contributed by atoms with E-state index in [-0.39, 0.29) is 0 Å². The van der Waals surface area contributed by atoms with Crippen molar-refractivity contribution in [2.45, 2.75) is 6.42 Å². The summed E-state index contributed by atoms with van der Waals surface area (Å²) in [6.07, 6.45) is 0.889. The number of nitrogens with zero attached hydrogens (tertiary/aromatic N) is 2. The zero-order valence-electron chi connectivity index (χ0n) is 14.8. The number of rotatable bonds is 8. The van der Waals surface area contributed by atoms with E-state index in [2.05, 4.69) is 20.6 Å². The molecule has 0 saturated heterocycles. The molecular weight excluding hydrogens is 352 g/mol. The van der Waals surface area contributed by atoms with Crippen molar-refractivity contribution in [3.63, 3.8) is 0 Å². The molecule has 2 aromatic carbocycles. The van der Waals surface area contributed by atoms with E-state index in [1.54, 1.807) is 32.4 Å². The Hall–Kier alpha value is -2.57. The zero-order chi connectivity index (χ0) is 18.4. The van der Waals surface area contributed by atoms with Gasteiger partial charge in [0.05, 0.1) is 18.3 Å². The van der Waals surface area contributed by atoms with Gasteiger partial charge < -0.3 is 20.1 Å². The van der Waals surface area contributed by atoms with Crippen LogP contribution in [0.2, 0.25) is 5.02 Å². The van der Waals surface area contributed by atoms with Gasteiger partial charge in [-0.1, -0.05) is 23.7 Å². The Balaban J connectivity index is 1.92. The SMILES string of the molecule is COCCCNc1nc(Nc2cc(Cl)ccc2OC)nc2ccccc12. The lowest BCUT2D eigenvalue weighted by molar-refractivity contribution is 0.198. The maximum absolute atomic E-state index is 6.10. The van der Waals surface area contributed by atoms with E-state index in [0.29, 0.717) is 29.0 Å². The van der Waals surface area contributed by atoms with Crippen LogP contribution in [0.4, 0.5) is 17.5 Å². The first-order chi connectivity index (χ1) is 12.7. The number of methoxy groups -OCH3 is 2. The van der Waals surface area contributed by atoms with Crippen molar-refractivity contribution in [2.75, 3.05) is 38.0 Å². The van der Waals surface area contributed by atoms with E-state index in [4.69, 9.17) is 21.1 Å². The third-order valence-corrected chi connectivity index (χ3v) is 4.06. The summed E-state index contributed by atoms with van der Waals surface area (Å²) in [5.41, 5.74) is 1.56. The second-order valence-corrected chi connectivity index (χ2v) is 6.09. The van der Waals surface area contributed by atoms with Crippen LogP contribution in [0.25, 0.3) is 10.9 Å². The predicted molar refractivity (Wildman–Crippen MR) is 106 cm³/mol. The highest BCUT2D eigenvalue weighted by Gasteiger charge is 2.10. The van der Waals surface area contributed by atoms with E-state index in [1.807, 2.05) is 24.3 Å². The Morgan fingerprint density at radius 2 is 1.92 bits per heavy atom. The van der Waals surface area contributed by atoms with Crippen LogP contribution in [0.5, 0.6) is 5.75 Å². The Labute approximate surface area is 157 Å². The van der Waals surface area contributed by atoms with Gasteiger partial charge in [-0.2, -0.15) is 4.98 Å². The van der Waals surface area contributed by atoms with Gasteiger partial charge in [0.1, 0.15) is 11.6 Å². The number of benzene rings is 2. The van der Waals surface area contributed by atoms with E-state index in [9.17, 15) is 0 Å². The standard InChI is InChI=1S/C19H21ClN4O2/c1-25-11-5-10-21-18-14-6-3-4-7-15(14)22-19(24-18)23-16-12-13(20)8-9-17(16)26-2/h3-4,6-9,12H,5,10-11H2,1-2H3,(H2,21,22,23,24). The largest absolute Gasteiger partial charge is 0.495 e. The fourth-order valence-electron chi connectivity index (χ4n) is 2.59. The van der Waals surface area contributed by atoms with E-state index in [1.165, 1.54) is 0 Å². The molecule has 0 aliphatic heterocycles. The fraction of sp³-hybridized carbons (Fsp3) is 0.263. The molecule has 0 fully saturated rings. The molecule has 1 heterocycles. The summed E-state index contributed by atoms with van der Waals surface area (Å²) in [6, 6.07) is 13.2. The van der Waals surface area contributed by atoms with Crippen molar-refractivity contribution in [2.24, 2.45) is 0 Å². The molecule has 2 N–H and O–H groups in total. The van der Waals surface area contributed by atoms with Crippen LogP contribution in [0.15, 0.2) is 42.5 Å². The number of ether oxygens (including phenoxy) is 2. The Bertz CT molecular complexity index is 889. The predicted octanol–water partition coefficient (Wildman–Crippen LogP) is 4.48. The van der Waals surface area contributed by atoms with Crippen molar-refractivity contribution < 1.29 is 9.47 Å². The van der Waals surface area contributed by atoms with Crippen LogP contribution in [0.3, 0.4) is 0 Å². The average Bonchev–Trinajstić information content (AvgIpc) is 2.65. The molecule has 26 heavy (non-hydrogen) atoms. The molecule has 1 aromatic heterocycles. The second kappa shape index (κ2) is 8.69. The van der Waals surface area contributed by atoms with Gasteiger partial charge in [0.2, 0.25) is 5.95 Å². The van der Waals surface area contributed by atoms with E-state index >= 15 is 0 Å². The molecule has 136 valence electrons. The minimum absolute atomic E-state index is 0.471. The maximum Gasteiger partial charge on any atom is 0.229 e. The lowest BCUT2D eigenvalue weighted by atomic mass is 10.2. The molecule has 0 spiro atoms. The highest BCUT2D eigenvalue weighted by molar-refractivity contribution is 6.31. The maximum atomic E-state index is 6.10. The number of para-hydroxylation sites is 1. The normalized spacial score (nSPS) is 10.7. The van der Waals surface area contributed by atoms with E-state index in [0.717, 1.165) is 29.7 Å². The van der Waals surface area contributed by atoms with Gasteiger partial charge in [0.15, 0.2) is 0 Å². The summed E-state index contributed by atoms with van der Waals surface area (Å²) in [7, 11) is 3.30. The Morgan fingerprint density at radius 3 is 2.73 bits per heavy atom. The van der Waals surface area contributed by atoms with Gasteiger partial charge in [-0.15, -0.1) is 0 Å². The highest BCUT2D eigenvalue weighted by atomic mass is 35.5. The van der Waals surface area contributed by atoms with Crippen LogP contribution >= 0.6 is 11.6 Å². The average molecular weight is 373 g/mol. The lowest BCUT2D eigenvalue weighted by Crippen LogP contribution is -2.08. The van der Waals surface area contributed by atoms with Crippen molar-refractivity contribution >= 4 is 40.0 Å². The van der Waals surface area contributed by atoms with Crippen LogP contribution in [-0.2, 0) is 4.74 Å². The van der Waals surface area contributed by atoms with Gasteiger partial charge in [-0.25, -0.2) is 4.98 Å². The number of hydrogen-bond donors (Lipinski definition) is 2. The van der Waals surface area contributed by atoms with Crippen molar-refractivity contribution in [1.82, 2.24) is 9.97 Å². The number of nitrogens with one attached hydrogen (secondary N) is 2. The summed E-state index contributed by atoms with van der Waals surface area (Å²) in [5.74, 6) is 1.91. The number of hydrogen-bond acceptors (Lipinski definition) is 6. The van der Waals surface area contributed by atoms with Crippen molar-refractivity contribution in [3.8, 4) is 5.75 Å². The van der Waals surface area contributed by atoms with Gasteiger partial charge >= 0.3 is 0 Å². The quantitative estimate of drug-likeness (QED) is 0.568. The van der Waals surface area contributed by atoms with Gasteiger partial charge in [0, 0.05) is 30.7 Å². The molecule has 0 saturated carbocycles. The minimum atomic E-state index is 0.471. The number of anilines is 3. The number of fused-ring (bicyclic) bond motifs is 1. The first-order valence-corrected chi connectivity index (χ1v) is 8.69. The van der Waals surface area contributed by atoms with E-state index < -0.39 is 0 Å².